The van der Waals surface area contributed by atoms with Crippen molar-refractivity contribution in [1.29, 1.82) is 0 Å². The Morgan fingerprint density at radius 2 is 1.94 bits per heavy atom. The van der Waals surface area contributed by atoms with E-state index in [9.17, 15) is 10.2 Å². The molecule has 1 aliphatic carbocycles. The highest BCUT2D eigenvalue weighted by molar-refractivity contribution is 7.16. The Kier molecular flexibility index (Phi) is 2.96. The number of halogens is 1. The van der Waals surface area contributed by atoms with Gasteiger partial charge in [-0.2, -0.15) is 0 Å². The highest BCUT2D eigenvalue weighted by Crippen LogP contribution is 2.62. The van der Waals surface area contributed by atoms with E-state index in [0.29, 0.717) is 11.8 Å². The maximum Gasteiger partial charge on any atom is 0.0931 e. The second kappa shape index (κ2) is 4.21. The summed E-state index contributed by atoms with van der Waals surface area (Å²) in [4.78, 5) is 3.68. The fourth-order valence-electron chi connectivity index (χ4n) is 3.22. The molecular formula is C12H16ClNO2S. The van der Waals surface area contributed by atoms with Gasteiger partial charge in [-0.1, -0.05) is 11.6 Å². The van der Waals surface area contributed by atoms with Gasteiger partial charge in [0, 0.05) is 29.9 Å². The lowest BCUT2D eigenvalue weighted by molar-refractivity contribution is 0.0870. The molecule has 2 atom stereocenters. The largest absolute Gasteiger partial charge is 0.396 e. The number of thiophene rings is 1. The summed E-state index contributed by atoms with van der Waals surface area (Å²) >= 11 is 7.53. The summed E-state index contributed by atoms with van der Waals surface area (Å²) in [6.07, 6.45) is 0. The normalized spacial score (nSPS) is 30.5. The molecule has 0 aromatic carbocycles. The van der Waals surface area contributed by atoms with Crippen molar-refractivity contribution in [3.8, 4) is 0 Å². The highest BCUT2D eigenvalue weighted by Gasteiger charge is 2.67. The van der Waals surface area contributed by atoms with Crippen molar-refractivity contribution in [2.45, 2.75) is 6.54 Å². The van der Waals surface area contributed by atoms with Crippen LogP contribution in [0.3, 0.4) is 0 Å². The van der Waals surface area contributed by atoms with Gasteiger partial charge in [0.2, 0.25) is 0 Å². The average Bonchev–Trinajstić information content (AvgIpc) is 2.70. The van der Waals surface area contributed by atoms with Gasteiger partial charge in [0.15, 0.2) is 0 Å². The Morgan fingerprint density at radius 3 is 2.41 bits per heavy atom. The van der Waals surface area contributed by atoms with E-state index < -0.39 is 0 Å². The van der Waals surface area contributed by atoms with Crippen LogP contribution in [0.15, 0.2) is 12.1 Å². The molecule has 1 aromatic heterocycles. The predicted molar refractivity (Wildman–Crippen MR) is 68.2 cm³/mol. The first-order valence-corrected chi connectivity index (χ1v) is 7.07. The predicted octanol–water partition coefficient (Wildman–Crippen LogP) is 1.43. The number of aliphatic hydroxyl groups excluding tert-OH is 2. The average molecular weight is 274 g/mol. The summed E-state index contributed by atoms with van der Waals surface area (Å²) in [7, 11) is 0. The van der Waals surface area contributed by atoms with Gasteiger partial charge >= 0.3 is 0 Å². The Labute approximate surface area is 110 Å². The molecule has 2 unspecified atom stereocenters. The number of aliphatic hydroxyl groups is 2. The molecule has 17 heavy (non-hydrogen) atoms. The molecule has 1 aliphatic heterocycles. The van der Waals surface area contributed by atoms with Crippen molar-refractivity contribution in [2.75, 3.05) is 26.3 Å². The first-order valence-electron chi connectivity index (χ1n) is 5.88. The lowest BCUT2D eigenvalue weighted by Gasteiger charge is -2.23. The van der Waals surface area contributed by atoms with Gasteiger partial charge < -0.3 is 10.2 Å². The van der Waals surface area contributed by atoms with Gasteiger partial charge in [-0.3, -0.25) is 4.90 Å². The maximum absolute atomic E-state index is 9.35. The van der Waals surface area contributed by atoms with Crippen LogP contribution in [0.5, 0.6) is 0 Å². The van der Waals surface area contributed by atoms with Crippen molar-refractivity contribution in [1.82, 2.24) is 4.90 Å². The van der Waals surface area contributed by atoms with Crippen molar-refractivity contribution < 1.29 is 10.2 Å². The summed E-state index contributed by atoms with van der Waals surface area (Å²) in [5.41, 5.74) is -0.177. The summed E-state index contributed by atoms with van der Waals surface area (Å²) in [5, 5.41) is 18.7. The molecule has 0 spiro atoms. The standard InChI is InChI=1S/C12H16ClNO2S/c13-11-2-1-8(17-11)3-14-4-9-10(5-14)12(9,6-15)7-16/h1-2,9-10,15-16H,3-7H2. The minimum atomic E-state index is -0.177. The molecule has 0 amide bonds. The second-order valence-electron chi connectivity index (χ2n) is 5.16. The zero-order valence-electron chi connectivity index (χ0n) is 9.47. The molecule has 0 bridgehead atoms. The second-order valence-corrected chi connectivity index (χ2v) is 6.96. The van der Waals surface area contributed by atoms with Crippen molar-refractivity contribution in [3.05, 3.63) is 21.3 Å². The van der Waals surface area contributed by atoms with Gasteiger partial charge in [0.25, 0.3) is 0 Å². The Morgan fingerprint density at radius 1 is 1.29 bits per heavy atom. The summed E-state index contributed by atoms with van der Waals surface area (Å²) in [6, 6.07) is 4.01. The minimum Gasteiger partial charge on any atom is -0.396 e. The van der Waals surface area contributed by atoms with Crippen LogP contribution in [-0.2, 0) is 6.54 Å². The summed E-state index contributed by atoms with van der Waals surface area (Å²) in [6.45, 7) is 3.16. The first kappa shape index (κ1) is 11.9. The van der Waals surface area contributed by atoms with Crippen LogP contribution in [0, 0.1) is 17.3 Å². The van der Waals surface area contributed by atoms with Gasteiger partial charge in [0.05, 0.1) is 17.6 Å². The van der Waals surface area contributed by atoms with E-state index in [2.05, 4.69) is 11.0 Å². The fourth-order valence-corrected chi connectivity index (χ4v) is 4.35. The molecule has 0 radical (unpaired) electrons. The highest BCUT2D eigenvalue weighted by atomic mass is 35.5. The molecule has 94 valence electrons. The van der Waals surface area contributed by atoms with Gasteiger partial charge in [0.1, 0.15) is 0 Å². The third-order valence-corrected chi connectivity index (χ3v) is 5.58. The zero-order valence-corrected chi connectivity index (χ0v) is 11.0. The first-order chi connectivity index (χ1) is 8.19. The lowest BCUT2D eigenvalue weighted by Crippen LogP contribution is -2.31. The smallest absolute Gasteiger partial charge is 0.0931 e. The summed E-state index contributed by atoms with van der Waals surface area (Å²) < 4.78 is 0.837. The van der Waals surface area contributed by atoms with Crippen LogP contribution in [0.1, 0.15) is 4.88 Å². The van der Waals surface area contributed by atoms with E-state index in [1.165, 1.54) is 4.88 Å². The Hall–Kier alpha value is -0.130. The molecule has 2 aliphatic rings. The monoisotopic (exact) mass is 273 g/mol. The maximum atomic E-state index is 9.35. The molecule has 3 rings (SSSR count). The van der Waals surface area contributed by atoms with E-state index in [1.807, 2.05) is 6.07 Å². The van der Waals surface area contributed by atoms with E-state index in [1.54, 1.807) is 11.3 Å². The molecule has 1 aromatic rings. The zero-order chi connectivity index (χ0) is 12.0. The van der Waals surface area contributed by atoms with Gasteiger partial charge in [-0.05, 0) is 24.0 Å². The molecule has 2 heterocycles. The molecule has 1 saturated heterocycles. The van der Waals surface area contributed by atoms with E-state index in [-0.39, 0.29) is 18.6 Å². The number of hydrogen-bond acceptors (Lipinski definition) is 4. The van der Waals surface area contributed by atoms with Crippen LogP contribution < -0.4 is 0 Å². The quantitative estimate of drug-likeness (QED) is 0.872. The van der Waals surface area contributed by atoms with E-state index in [0.717, 1.165) is 24.0 Å². The number of nitrogens with zero attached hydrogens (tertiary/aromatic N) is 1. The molecule has 3 nitrogen and oxygen atoms in total. The Balaban J connectivity index is 1.58. The van der Waals surface area contributed by atoms with Crippen molar-refractivity contribution in [2.24, 2.45) is 17.3 Å². The van der Waals surface area contributed by atoms with Crippen LogP contribution in [0.4, 0.5) is 0 Å². The van der Waals surface area contributed by atoms with Crippen LogP contribution in [-0.4, -0.2) is 41.4 Å². The molecule has 1 saturated carbocycles. The lowest BCUT2D eigenvalue weighted by atomic mass is 10.0. The molecule has 5 heteroatoms. The van der Waals surface area contributed by atoms with E-state index >= 15 is 0 Å². The van der Waals surface area contributed by atoms with Gasteiger partial charge in [-0.15, -0.1) is 11.3 Å². The van der Waals surface area contributed by atoms with E-state index in [4.69, 9.17) is 11.6 Å². The SMILES string of the molecule is OCC1(CO)C2CN(Cc3ccc(Cl)s3)CC21. The third-order valence-electron chi connectivity index (χ3n) is 4.36. The van der Waals surface area contributed by atoms with Crippen molar-refractivity contribution >= 4 is 22.9 Å². The molecule has 2 fully saturated rings. The number of fused-ring (bicyclic) bond motifs is 1. The number of hydrogen-bond donors (Lipinski definition) is 2. The molecule has 2 N–H and O–H groups in total. The number of rotatable bonds is 4. The third kappa shape index (κ3) is 1.83. The minimum absolute atomic E-state index is 0.123. The van der Waals surface area contributed by atoms with Crippen LogP contribution in [0.2, 0.25) is 4.34 Å². The molecular weight excluding hydrogens is 258 g/mol. The van der Waals surface area contributed by atoms with Crippen LogP contribution in [0.25, 0.3) is 0 Å². The fraction of sp³-hybridized carbons (Fsp3) is 0.667. The van der Waals surface area contributed by atoms with Crippen LogP contribution >= 0.6 is 22.9 Å². The Bertz CT molecular complexity index is 404. The number of piperidine rings is 1. The number of likely N-dealkylation sites (tertiary alicyclic amines) is 1. The van der Waals surface area contributed by atoms with Crippen molar-refractivity contribution in [3.63, 3.8) is 0 Å². The topological polar surface area (TPSA) is 43.7 Å². The summed E-state index contributed by atoms with van der Waals surface area (Å²) in [5.74, 6) is 0.959. The van der Waals surface area contributed by atoms with Gasteiger partial charge in [-0.25, -0.2) is 0 Å².